The van der Waals surface area contributed by atoms with E-state index >= 15 is 0 Å². The minimum Gasteiger partial charge on any atom is -0.494 e. The van der Waals surface area contributed by atoms with Gasteiger partial charge in [-0.2, -0.15) is 0 Å². The summed E-state index contributed by atoms with van der Waals surface area (Å²) in [7, 11) is 0. The molecule has 7 heteroatoms. The number of halogens is 2. The SMILES string of the molecule is CCOc1ccc(C2=C(Nc3ccc(F)cc3)C(=O)N(Cc3ccccc3F)C2=O)cc1. The third-order valence-electron chi connectivity index (χ3n) is 5.02. The van der Waals surface area contributed by atoms with Crippen LogP contribution >= 0.6 is 0 Å². The Labute approximate surface area is 183 Å². The summed E-state index contributed by atoms with van der Waals surface area (Å²) in [5, 5.41) is 2.94. The fourth-order valence-electron chi connectivity index (χ4n) is 3.46. The van der Waals surface area contributed by atoms with Gasteiger partial charge in [0.05, 0.1) is 18.7 Å². The summed E-state index contributed by atoms with van der Waals surface area (Å²) in [6, 6.07) is 18.2. The lowest BCUT2D eigenvalue weighted by atomic mass is 10.0. The van der Waals surface area contributed by atoms with Crippen LogP contribution in [0.2, 0.25) is 0 Å². The predicted octanol–water partition coefficient (Wildman–Crippen LogP) is 4.76. The second-order valence-corrected chi connectivity index (χ2v) is 7.13. The van der Waals surface area contributed by atoms with Gasteiger partial charge in [0, 0.05) is 11.3 Å². The van der Waals surface area contributed by atoms with Gasteiger partial charge < -0.3 is 10.1 Å². The van der Waals surface area contributed by atoms with Crippen molar-refractivity contribution in [1.82, 2.24) is 4.90 Å². The van der Waals surface area contributed by atoms with Crippen molar-refractivity contribution in [3.8, 4) is 5.75 Å². The zero-order valence-electron chi connectivity index (χ0n) is 17.3. The highest BCUT2D eigenvalue weighted by atomic mass is 19.1. The van der Waals surface area contributed by atoms with Crippen LogP contribution in [0, 0.1) is 11.6 Å². The van der Waals surface area contributed by atoms with Crippen LogP contribution < -0.4 is 10.1 Å². The minimum absolute atomic E-state index is 0.0436. The standard InChI is InChI=1S/C25H20F2N2O3/c1-2-32-20-13-7-16(8-14-20)22-23(28-19-11-9-18(26)10-12-19)25(31)29(24(22)30)15-17-5-3-4-6-21(17)27/h3-14,28H,2,15H2,1H3. The summed E-state index contributed by atoms with van der Waals surface area (Å²) < 4.78 is 32.9. The summed E-state index contributed by atoms with van der Waals surface area (Å²) in [6.07, 6.45) is 0. The van der Waals surface area contributed by atoms with Crippen LogP contribution in [0.25, 0.3) is 5.57 Å². The van der Waals surface area contributed by atoms with E-state index in [1.54, 1.807) is 30.3 Å². The molecule has 0 saturated heterocycles. The Morgan fingerprint density at radius 2 is 1.56 bits per heavy atom. The maximum atomic E-state index is 14.2. The van der Waals surface area contributed by atoms with Gasteiger partial charge in [-0.25, -0.2) is 8.78 Å². The Morgan fingerprint density at radius 1 is 0.875 bits per heavy atom. The van der Waals surface area contributed by atoms with Gasteiger partial charge in [-0.1, -0.05) is 30.3 Å². The van der Waals surface area contributed by atoms with Crippen LogP contribution in [-0.2, 0) is 16.1 Å². The minimum atomic E-state index is -0.591. The second kappa shape index (κ2) is 9.01. The van der Waals surface area contributed by atoms with Gasteiger partial charge in [-0.3, -0.25) is 14.5 Å². The zero-order valence-corrected chi connectivity index (χ0v) is 17.3. The first-order valence-corrected chi connectivity index (χ1v) is 10.1. The van der Waals surface area contributed by atoms with Crippen molar-refractivity contribution in [3.05, 3.63) is 101 Å². The first-order valence-electron chi connectivity index (χ1n) is 10.1. The lowest BCUT2D eigenvalue weighted by Gasteiger charge is -2.16. The van der Waals surface area contributed by atoms with Crippen molar-refractivity contribution in [1.29, 1.82) is 0 Å². The van der Waals surface area contributed by atoms with Crippen molar-refractivity contribution < 1.29 is 23.1 Å². The number of anilines is 1. The largest absolute Gasteiger partial charge is 0.494 e. The van der Waals surface area contributed by atoms with Gasteiger partial charge in [-0.15, -0.1) is 0 Å². The molecule has 5 nitrogen and oxygen atoms in total. The smallest absolute Gasteiger partial charge is 0.278 e. The van der Waals surface area contributed by atoms with Crippen LogP contribution in [0.4, 0.5) is 14.5 Å². The molecular weight excluding hydrogens is 414 g/mol. The number of carbonyl (C=O) groups is 2. The molecule has 162 valence electrons. The Balaban J connectivity index is 1.73. The highest BCUT2D eigenvalue weighted by molar-refractivity contribution is 6.36. The van der Waals surface area contributed by atoms with Crippen molar-refractivity contribution in [2.24, 2.45) is 0 Å². The maximum Gasteiger partial charge on any atom is 0.278 e. The molecule has 0 atom stereocenters. The van der Waals surface area contributed by atoms with Gasteiger partial charge in [0.2, 0.25) is 0 Å². The van der Waals surface area contributed by atoms with Gasteiger partial charge in [-0.05, 0) is 55.0 Å². The van der Waals surface area contributed by atoms with Crippen LogP contribution in [0.1, 0.15) is 18.1 Å². The molecule has 2 amide bonds. The molecule has 3 aromatic carbocycles. The van der Waals surface area contributed by atoms with Gasteiger partial charge in [0.1, 0.15) is 23.1 Å². The van der Waals surface area contributed by atoms with E-state index in [4.69, 9.17) is 4.74 Å². The third-order valence-corrected chi connectivity index (χ3v) is 5.02. The summed E-state index contributed by atoms with van der Waals surface area (Å²) in [5.41, 5.74) is 1.37. The molecule has 0 fully saturated rings. The molecule has 1 N–H and O–H groups in total. The summed E-state index contributed by atoms with van der Waals surface area (Å²) in [6.45, 7) is 2.15. The van der Waals surface area contributed by atoms with Gasteiger partial charge in [0.25, 0.3) is 11.8 Å². The number of rotatable bonds is 7. The number of imide groups is 1. The summed E-state index contributed by atoms with van der Waals surface area (Å²) in [4.78, 5) is 27.5. The molecule has 0 spiro atoms. The molecule has 0 bridgehead atoms. The molecule has 0 aromatic heterocycles. The van der Waals surface area contributed by atoms with E-state index in [1.807, 2.05) is 6.92 Å². The van der Waals surface area contributed by atoms with E-state index in [0.29, 0.717) is 23.6 Å². The zero-order chi connectivity index (χ0) is 22.7. The van der Waals surface area contributed by atoms with E-state index in [-0.39, 0.29) is 23.4 Å². The van der Waals surface area contributed by atoms with E-state index in [0.717, 1.165) is 4.90 Å². The highest BCUT2D eigenvalue weighted by Crippen LogP contribution is 2.32. The average molecular weight is 434 g/mol. The average Bonchev–Trinajstić information content (AvgIpc) is 3.02. The number of nitrogens with one attached hydrogen (secondary N) is 1. The molecular formula is C25H20F2N2O3. The lowest BCUT2D eigenvalue weighted by Crippen LogP contribution is -2.32. The van der Waals surface area contributed by atoms with Crippen molar-refractivity contribution in [2.75, 3.05) is 11.9 Å². The highest BCUT2D eigenvalue weighted by Gasteiger charge is 2.39. The first kappa shape index (κ1) is 21.2. The Morgan fingerprint density at radius 3 is 2.22 bits per heavy atom. The fourth-order valence-corrected chi connectivity index (χ4v) is 3.46. The number of benzene rings is 3. The third kappa shape index (κ3) is 4.23. The normalized spacial score (nSPS) is 13.7. The summed E-state index contributed by atoms with van der Waals surface area (Å²) in [5.74, 6) is -1.44. The molecule has 0 unspecified atom stereocenters. The maximum absolute atomic E-state index is 14.2. The van der Waals surface area contributed by atoms with Crippen molar-refractivity contribution in [3.63, 3.8) is 0 Å². The van der Waals surface area contributed by atoms with Crippen LogP contribution in [0.3, 0.4) is 0 Å². The number of ether oxygens (including phenoxy) is 1. The molecule has 1 aliphatic rings. The monoisotopic (exact) mass is 434 g/mol. The number of carbonyl (C=O) groups excluding carboxylic acids is 2. The number of amides is 2. The molecule has 3 aromatic rings. The van der Waals surface area contributed by atoms with E-state index < -0.39 is 23.4 Å². The molecule has 0 saturated carbocycles. The van der Waals surface area contributed by atoms with Crippen molar-refractivity contribution >= 4 is 23.1 Å². The molecule has 1 heterocycles. The fraction of sp³-hybridized carbons (Fsp3) is 0.120. The van der Waals surface area contributed by atoms with Gasteiger partial charge >= 0.3 is 0 Å². The lowest BCUT2D eigenvalue weighted by molar-refractivity contribution is -0.137. The molecule has 4 rings (SSSR count). The van der Waals surface area contributed by atoms with Crippen LogP contribution in [0.15, 0.2) is 78.5 Å². The molecule has 0 aliphatic carbocycles. The van der Waals surface area contributed by atoms with E-state index in [1.165, 1.54) is 42.5 Å². The number of nitrogens with zero attached hydrogens (tertiary/aromatic N) is 1. The first-order chi connectivity index (χ1) is 15.5. The molecule has 32 heavy (non-hydrogen) atoms. The topological polar surface area (TPSA) is 58.6 Å². The number of hydrogen-bond donors (Lipinski definition) is 1. The van der Waals surface area contributed by atoms with E-state index in [9.17, 15) is 18.4 Å². The van der Waals surface area contributed by atoms with Crippen molar-refractivity contribution in [2.45, 2.75) is 13.5 Å². The molecule has 0 radical (unpaired) electrons. The Hall–Kier alpha value is -4.00. The van der Waals surface area contributed by atoms with Crippen LogP contribution in [0.5, 0.6) is 5.75 Å². The van der Waals surface area contributed by atoms with Crippen LogP contribution in [-0.4, -0.2) is 23.3 Å². The summed E-state index contributed by atoms with van der Waals surface area (Å²) >= 11 is 0. The second-order valence-electron chi connectivity index (χ2n) is 7.13. The quantitative estimate of drug-likeness (QED) is 0.545. The predicted molar refractivity (Wildman–Crippen MR) is 117 cm³/mol. The number of hydrogen-bond acceptors (Lipinski definition) is 4. The Bertz CT molecular complexity index is 1190. The van der Waals surface area contributed by atoms with E-state index in [2.05, 4.69) is 5.32 Å². The molecule has 1 aliphatic heterocycles. The Kier molecular flexibility index (Phi) is 5.98. The van der Waals surface area contributed by atoms with Gasteiger partial charge in [0.15, 0.2) is 0 Å².